The van der Waals surface area contributed by atoms with E-state index in [-0.39, 0.29) is 11.9 Å². The lowest BCUT2D eigenvalue weighted by Crippen LogP contribution is -2.32. The number of anilines is 1. The molecule has 0 aliphatic rings. The molecule has 2 rings (SSSR count). The number of thiophene rings is 1. The lowest BCUT2D eigenvalue weighted by Gasteiger charge is -2.21. The van der Waals surface area contributed by atoms with Crippen LogP contribution >= 0.6 is 23.1 Å². The van der Waals surface area contributed by atoms with Gasteiger partial charge in [0.05, 0.1) is 11.8 Å². The molecule has 0 fully saturated rings. The van der Waals surface area contributed by atoms with Gasteiger partial charge in [-0.1, -0.05) is 19.9 Å². The van der Waals surface area contributed by atoms with E-state index in [4.69, 9.17) is 5.73 Å². The Balaban J connectivity index is 1.89. The molecule has 1 unspecified atom stereocenters. The zero-order chi connectivity index (χ0) is 15.2. The zero-order valence-corrected chi connectivity index (χ0v) is 13.8. The van der Waals surface area contributed by atoms with Crippen molar-refractivity contribution in [2.75, 3.05) is 11.5 Å². The molecule has 0 saturated carbocycles. The van der Waals surface area contributed by atoms with E-state index in [2.05, 4.69) is 25.2 Å². The van der Waals surface area contributed by atoms with Crippen LogP contribution < -0.4 is 11.1 Å². The number of carbonyl (C=O) groups is 1. The second-order valence-electron chi connectivity index (χ2n) is 5.16. The van der Waals surface area contributed by atoms with Gasteiger partial charge in [0.1, 0.15) is 0 Å². The largest absolute Gasteiger partial charge is 0.399 e. The van der Waals surface area contributed by atoms with Crippen molar-refractivity contribution in [2.45, 2.75) is 24.8 Å². The van der Waals surface area contributed by atoms with Crippen molar-refractivity contribution in [1.29, 1.82) is 0 Å². The number of benzene rings is 1. The maximum absolute atomic E-state index is 12.1. The van der Waals surface area contributed by atoms with Crippen molar-refractivity contribution in [1.82, 2.24) is 5.32 Å². The number of carbonyl (C=O) groups excluding carboxylic acids is 1. The van der Waals surface area contributed by atoms with Gasteiger partial charge in [0.15, 0.2) is 0 Å². The Hall–Kier alpha value is -1.46. The second-order valence-corrected chi connectivity index (χ2v) is 7.19. The summed E-state index contributed by atoms with van der Waals surface area (Å²) in [7, 11) is 0. The van der Waals surface area contributed by atoms with Crippen molar-refractivity contribution in [2.24, 2.45) is 5.92 Å². The van der Waals surface area contributed by atoms with Crippen LogP contribution in [0, 0.1) is 5.92 Å². The third kappa shape index (κ3) is 4.79. The van der Waals surface area contributed by atoms with Gasteiger partial charge in [0.2, 0.25) is 5.91 Å². The average molecular weight is 320 g/mol. The van der Waals surface area contributed by atoms with Gasteiger partial charge in [0.25, 0.3) is 0 Å². The van der Waals surface area contributed by atoms with Gasteiger partial charge in [-0.2, -0.15) is 0 Å². The Morgan fingerprint density at radius 3 is 2.57 bits per heavy atom. The summed E-state index contributed by atoms with van der Waals surface area (Å²) in [6, 6.07) is 11.8. The fourth-order valence-electron chi connectivity index (χ4n) is 1.96. The van der Waals surface area contributed by atoms with Gasteiger partial charge in [-0.25, -0.2) is 0 Å². The van der Waals surface area contributed by atoms with Crippen LogP contribution in [0.25, 0.3) is 0 Å². The Labute approximate surface area is 133 Å². The highest BCUT2D eigenvalue weighted by molar-refractivity contribution is 8.00. The summed E-state index contributed by atoms with van der Waals surface area (Å²) in [5.74, 6) is 0.844. The van der Waals surface area contributed by atoms with E-state index in [1.54, 1.807) is 11.3 Å². The maximum atomic E-state index is 12.1. The van der Waals surface area contributed by atoms with E-state index in [0.717, 1.165) is 10.6 Å². The molecule has 0 aliphatic carbocycles. The van der Waals surface area contributed by atoms with E-state index >= 15 is 0 Å². The standard InChI is InChI=1S/C16H20N2OS2/c1-11(2)16(14-4-3-9-20-14)18-15(19)10-21-13-7-5-12(17)6-8-13/h3-9,11,16H,10,17H2,1-2H3,(H,18,19). The Bertz CT molecular complexity index is 564. The topological polar surface area (TPSA) is 55.1 Å². The lowest BCUT2D eigenvalue weighted by molar-refractivity contribution is -0.119. The van der Waals surface area contributed by atoms with Crippen LogP contribution in [0.5, 0.6) is 0 Å². The summed E-state index contributed by atoms with van der Waals surface area (Å²) in [5, 5.41) is 5.17. The minimum Gasteiger partial charge on any atom is -0.399 e. The molecule has 112 valence electrons. The van der Waals surface area contributed by atoms with Crippen LogP contribution in [-0.4, -0.2) is 11.7 Å². The summed E-state index contributed by atoms with van der Waals surface area (Å²) in [5.41, 5.74) is 6.39. The first-order valence-corrected chi connectivity index (χ1v) is 8.74. The van der Waals surface area contributed by atoms with Gasteiger partial charge >= 0.3 is 0 Å². The molecule has 0 bridgehead atoms. The first-order chi connectivity index (χ1) is 10.1. The Morgan fingerprint density at radius 1 is 1.29 bits per heavy atom. The Kier molecular flexibility index (Phi) is 5.70. The van der Waals surface area contributed by atoms with Gasteiger partial charge in [0, 0.05) is 15.5 Å². The van der Waals surface area contributed by atoms with Crippen molar-refractivity contribution in [3.63, 3.8) is 0 Å². The van der Waals surface area contributed by atoms with E-state index < -0.39 is 0 Å². The predicted octanol–water partition coefficient (Wildman–Crippen LogP) is 3.94. The molecule has 1 amide bonds. The van der Waals surface area contributed by atoms with Gasteiger partial charge in [-0.3, -0.25) is 4.79 Å². The number of rotatable bonds is 6. The summed E-state index contributed by atoms with van der Waals surface area (Å²) in [6.45, 7) is 4.25. The van der Waals surface area contributed by atoms with Crippen LogP contribution in [0.2, 0.25) is 0 Å². The SMILES string of the molecule is CC(C)C(NC(=O)CSc1ccc(N)cc1)c1cccs1. The second kappa shape index (κ2) is 7.52. The van der Waals surface area contributed by atoms with E-state index in [0.29, 0.717) is 11.7 Å². The normalized spacial score (nSPS) is 12.3. The molecule has 0 spiro atoms. The summed E-state index contributed by atoms with van der Waals surface area (Å²) in [6.07, 6.45) is 0. The van der Waals surface area contributed by atoms with Crippen LogP contribution in [0.15, 0.2) is 46.7 Å². The molecule has 1 aromatic carbocycles. The van der Waals surface area contributed by atoms with E-state index in [1.165, 1.54) is 16.6 Å². The van der Waals surface area contributed by atoms with Crippen molar-refractivity contribution in [3.8, 4) is 0 Å². The van der Waals surface area contributed by atoms with Crippen molar-refractivity contribution >= 4 is 34.7 Å². The molecule has 0 radical (unpaired) electrons. The first-order valence-electron chi connectivity index (χ1n) is 6.87. The van der Waals surface area contributed by atoms with E-state index in [1.807, 2.05) is 35.7 Å². The molecule has 1 heterocycles. The van der Waals surface area contributed by atoms with Crippen LogP contribution in [0.3, 0.4) is 0 Å². The highest BCUT2D eigenvalue weighted by Crippen LogP contribution is 2.26. The lowest BCUT2D eigenvalue weighted by atomic mass is 10.0. The fourth-order valence-corrected chi connectivity index (χ4v) is 3.62. The smallest absolute Gasteiger partial charge is 0.230 e. The number of hydrogen-bond acceptors (Lipinski definition) is 4. The van der Waals surface area contributed by atoms with Gasteiger partial charge < -0.3 is 11.1 Å². The molecule has 2 aromatic rings. The molecule has 5 heteroatoms. The first kappa shape index (κ1) is 15.9. The van der Waals surface area contributed by atoms with Crippen molar-refractivity contribution < 1.29 is 4.79 Å². The minimum atomic E-state index is 0.0592. The summed E-state index contributed by atoms with van der Waals surface area (Å²) >= 11 is 3.21. The summed E-state index contributed by atoms with van der Waals surface area (Å²) < 4.78 is 0. The maximum Gasteiger partial charge on any atom is 0.230 e. The van der Waals surface area contributed by atoms with Crippen LogP contribution in [-0.2, 0) is 4.79 Å². The molecular formula is C16H20N2OS2. The highest BCUT2D eigenvalue weighted by Gasteiger charge is 2.19. The number of nitrogens with one attached hydrogen (secondary N) is 1. The number of amides is 1. The number of thioether (sulfide) groups is 1. The van der Waals surface area contributed by atoms with Crippen LogP contribution in [0.4, 0.5) is 5.69 Å². The number of nitrogen functional groups attached to an aromatic ring is 1. The Morgan fingerprint density at radius 2 is 2.00 bits per heavy atom. The predicted molar refractivity (Wildman–Crippen MR) is 91.6 cm³/mol. The number of nitrogens with two attached hydrogens (primary N) is 1. The molecule has 1 aromatic heterocycles. The third-order valence-corrected chi connectivity index (χ3v) is 5.05. The zero-order valence-electron chi connectivity index (χ0n) is 12.2. The number of hydrogen-bond donors (Lipinski definition) is 2. The van der Waals surface area contributed by atoms with Gasteiger partial charge in [-0.15, -0.1) is 23.1 Å². The third-order valence-electron chi connectivity index (χ3n) is 3.08. The molecule has 0 aliphatic heterocycles. The minimum absolute atomic E-state index is 0.0592. The summed E-state index contributed by atoms with van der Waals surface area (Å²) in [4.78, 5) is 14.4. The van der Waals surface area contributed by atoms with Crippen molar-refractivity contribution in [3.05, 3.63) is 46.7 Å². The average Bonchev–Trinajstić information content (AvgIpc) is 2.97. The highest BCUT2D eigenvalue weighted by atomic mass is 32.2. The fraction of sp³-hybridized carbons (Fsp3) is 0.312. The molecular weight excluding hydrogens is 300 g/mol. The van der Waals surface area contributed by atoms with Gasteiger partial charge in [-0.05, 0) is 41.6 Å². The van der Waals surface area contributed by atoms with E-state index in [9.17, 15) is 4.79 Å². The molecule has 1 atom stereocenters. The quantitative estimate of drug-likeness (QED) is 0.626. The molecule has 3 nitrogen and oxygen atoms in total. The molecule has 3 N–H and O–H groups in total. The monoisotopic (exact) mass is 320 g/mol. The molecule has 21 heavy (non-hydrogen) atoms. The molecule has 0 saturated heterocycles. The van der Waals surface area contributed by atoms with Crippen LogP contribution in [0.1, 0.15) is 24.8 Å².